The van der Waals surface area contributed by atoms with Gasteiger partial charge in [-0.2, -0.15) is 0 Å². The minimum absolute atomic E-state index is 0.00748. The number of nitrogens with zero attached hydrogens (tertiary/aromatic N) is 1. The Kier molecular flexibility index (Phi) is 7.62. The topological polar surface area (TPSA) is 220 Å². The second-order valence-corrected chi connectivity index (χ2v) is 13.4. The van der Waals surface area contributed by atoms with Gasteiger partial charge in [-0.1, -0.05) is 61.5 Å². The summed E-state index contributed by atoms with van der Waals surface area (Å²) in [6.07, 6.45) is -2.61. The molecule has 13 nitrogen and oxygen atoms in total. The van der Waals surface area contributed by atoms with Crippen LogP contribution in [0.2, 0.25) is 0 Å². The second-order valence-electron chi connectivity index (χ2n) is 13.4. The van der Waals surface area contributed by atoms with E-state index in [0.717, 1.165) is 22.3 Å². The zero-order valence-electron chi connectivity index (χ0n) is 27.2. The lowest BCUT2D eigenvalue weighted by Crippen LogP contribution is -2.70. The van der Waals surface area contributed by atoms with Gasteiger partial charge >= 0.3 is 6.09 Å². The number of nitrogens with one attached hydrogen (secondary N) is 1. The number of rotatable bonds is 5. The molecule has 6 atom stereocenters. The standard InChI is InChI=1S/C37H35N3O10/c1-15-16-12-13-22(39-36(48)50-14-21-19-10-6-4-8-17(19)18-9-5-7-11-20(18)21)29(41)24(16)30(42)25-23(15)31(43)27-28(40(2)3)32(44)26(35(38)47)34(46)37(27,49)33(25)45/h4-13,15,21,23,27-28,31,41-43,46,49H,14H2,1-3H3,(H2,38,47)(H,39,48)/t15-,23+,27+,28-,31-,37-/m1/s1. The SMILES string of the molecule is C[C@@H]1c2ccc(NC(=O)OCC3c4ccccc4-c4ccccc43)c(O)c2C(O)=C2C(=O)[C@@]3(O)C(O)=C(C(N)=O)C(=O)[C@H](N(C)C)[C@H]3[C@H](O)[C@H]21. The van der Waals surface area contributed by atoms with Crippen molar-refractivity contribution in [3.05, 3.63) is 99.8 Å². The van der Waals surface area contributed by atoms with Gasteiger partial charge in [0.15, 0.2) is 11.4 Å². The molecule has 0 spiro atoms. The molecule has 7 rings (SSSR count). The first kappa shape index (κ1) is 33.0. The number of phenols is 1. The number of aliphatic hydroxyl groups is 4. The molecule has 3 aromatic carbocycles. The van der Waals surface area contributed by atoms with Crippen LogP contribution in [0.3, 0.4) is 0 Å². The van der Waals surface area contributed by atoms with E-state index in [0.29, 0.717) is 5.56 Å². The lowest BCUT2D eigenvalue weighted by Gasteiger charge is -2.53. The molecule has 13 heteroatoms. The zero-order valence-corrected chi connectivity index (χ0v) is 27.2. The molecule has 3 aromatic rings. The highest BCUT2D eigenvalue weighted by Crippen LogP contribution is 2.56. The highest BCUT2D eigenvalue weighted by atomic mass is 16.5. The second kappa shape index (κ2) is 11.5. The average molecular weight is 682 g/mol. The Bertz CT molecular complexity index is 2040. The maximum absolute atomic E-state index is 14.2. The third kappa shape index (κ3) is 4.43. The van der Waals surface area contributed by atoms with E-state index in [-0.39, 0.29) is 23.8 Å². The first-order valence-electron chi connectivity index (χ1n) is 16.0. The van der Waals surface area contributed by atoms with Gasteiger partial charge in [0.2, 0.25) is 5.78 Å². The molecule has 1 fully saturated rings. The van der Waals surface area contributed by atoms with Crippen LogP contribution in [0, 0.1) is 11.8 Å². The number of amides is 2. The number of aliphatic hydroxyl groups excluding tert-OH is 3. The Morgan fingerprint density at radius 3 is 2.12 bits per heavy atom. The number of ketones is 2. The van der Waals surface area contributed by atoms with E-state index in [4.69, 9.17) is 10.5 Å². The Labute approximate surface area is 285 Å². The molecule has 0 saturated heterocycles. The van der Waals surface area contributed by atoms with Crippen molar-refractivity contribution in [2.45, 2.75) is 36.5 Å². The van der Waals surface area contributed by atoms with Crippen LogP contribution < -0.4 is 11.1 Å². The molecule has 2 amide bonds. The summed E-state index contributed by atoms with van der Waals surface area (Å²) in [5.74, 6) is -10.3. The molecule has 4 aliphatic rings. The van der Waals surface area contributed by atoms with Crippen molar-refractivity contribution in [1.29, 1.82) is 0 Å². The van der Waals surface area contributed by atoms with Gasteiger partial charge in [0, 0.05) is 17.4 Å². The molecule has 258 valence electrons. The minimum atomic E-state index is -3.03. The van der Waals surface area contributed by atoms with Crippen molar-refractivity contribution in [2.75, 3.05) is 26.0 Å². The van der Waals surface area contributed by atoms with E-state index >= 15 is 0 Å². The van der Waals surface area contributed by atoms with Crippen LogP contribution in [0.1, 0.15) is 41.0 Å². The molecule has 4 aliphatic carbocycles. The quantitative estimate of drug-likeness (QED) is 0.153. The van der Waals surface area contributed by atoms with Gasteiger partial charge in [-0.3, -0.25) is 24.6 Å². The summed E-state index contributed by atoms with van der Waals surface area (Å²) < 4.78 is 5.60. The molecule has 0 radical (unpaired) electrons. The molecular formula is C37H35N3O10. The van der Waals surface area contributed by atoms with Gasteiger partial charge < -0.3 is 36.0 Å². The summed E-state index contributed by atoms with van der Waals surface area (Å²) >= 11 is 0. The fraction of sp³-hybridized carbons (Fsp3) is 0.297. The number of carbonyl (C=O) groups excluding carboxylic acids is 4. The lowest BCUT2D eigenvalue weighted by atomic mass is 9.54. The summed E-state index contributed by atoms with van der Waals surface area (Å²) in [6.45, 7) is 1.61. The predicted octanol–water partition coefficient (Wildman–Crippen LogP) is 2.86. The molecule has 0 unspecified atom stereocenters. The summed E-state index contributed by atoms with van der Waals surface area (Å²) in [6, 6.07) is 17.1. The fourth-order valence-corrected chi connectivity index (χ4v) is 8.46. The first-order valence-corrected chi connectivity index (χ1v) is 16.0. The van der Waals surface area contributed by atoms with Crippen molar-refractivity contribution in [1.82, 2.24) is 4.90 Å². The van der Waals surface area contributed by atoms with Crippen LogP contribution in [0.5, 0.6) is 5.75 Å². The van der Waals surface area contributed by atoms with Crippen LogP contribution in [-0.2, 0) is 19.1 Å². The van der Waals surface area contributed by atoms with Crippen LogP contribution in [0.25, 0.3) is 16.9 Å². The number of carbonyl (C=O) groups is 4. The number of likely N-dealkylation sites (N-methyl/N-ethyl adjacent to an activating group) is 1. The molecule has 0 bridgehead atoms. The third-order valence-electron chi connectivity index (χ3n) is 10.7. The van der Waals surface area contributed by atoms with Crippen molar-refractivity contribution in [3.8, 4) is 16.9 Å². The number of anilines is 1. The van der Waals surface area contributed by atoms with Gasteiger partial charge in [-0.05, 0) is 53.9 Å². The number of nitrogens with two attached hydrogens (primary N) is 1. The molecule has 0 aromatic heterocycles. The normalized spacial score (nSPS) is 27.0. The maximum Gasteiger partial charge on any atom is 0.411 e. The van der Waals surface area contributed by atoms with Crippen LogP contribution in [0.15, 0.2) is 77.6 Å². The van der Waals surface area contributed by atoms with Gasteiger partial charge in [0.25, 0.3) is 5.91 Å². The molecule has 50 heavy (non-hydrogen) atoms. The number of fused-ring (bicyclic) bond motifs is 6. The van der Waals surface area contributed by atoms with Gasteiger partial charge in [-0.25, -0.2) is 4.79 Å². The van der Waals surface area contributed by atoms with Crippen molar-refractivity contribution in [3.63, 3.8) is 0 Å². The summed E-state index contributed by atoms with van der Waals surface area (Å²) in [7, 11) is 2.87. The van der Waals surface area contributed by atoms with Crippen LogP contribution >= 0.6 is 0 Å². The summed E-state index contributed by atoms with van der Waals surface area (Å²) in [5, 5.41) is 60.2. The Morgan fingerprint density at radius 1 is 0.940 bits per heavy atom. The summed E-state index contributed by atoms with van der Waals surface area (Å²) in [5.41, 5.74) is 4.79. The monoisotopic (exact) mass is 681 g/mol. The Hall–Kier alpha value is -5.50. The average Bonchev–Trinajstić information content (AvgIpc) is 3.39. The van der Waals surface area contributed by atoms with Crippen molar-refractivity contribution < 1.29 is 49.4 Å². The number of Topliss-reactive ketones (excluding diaryl/α,β-unsaturated/α-hetero) is 2. The third-order valence-corrected chi connectivity index (χ3v) is 10.7. The molecule has 8 N–H and O–H groups in total. The molecule has 1 saturated carbocycles. The highest BCUT2D eigenvalue weighted by Gasteiger charge is 2.68. The summed E-state index contributed by atoms with van der Waals surface area (Å²) in [4.78, 5) is 54.2. The van der Waals surface area contributed by atoms with Crippen LogP contribution in [0.4, 0.5) is 10.5 Å². The minimum Gasteiger partial charge on any atom is -0.508 e. The van der Waals surface area contributed by atoms with Gasteiger partial charge in [-0.15, -0.1) is 0 Å². The predicted molar refractivity (Wildman–Crippen MR) is 179 cm³/mol. The van der Waals surface area contributed by atoms with Crippen molar-refractivity contribution in [2.24, 2.45) is 17.6 Å². The van der Waals surface area contributed by atoms with E-state index < -0.39 is 87.5 Å². The fourth-order valence-electron chi connectivity index (χ4n) is 8.46. The number of hydrogen-bond donors (Lipinski definition) is 7. The maximum atomic E-state index is 14.2. The van der Waals surface area contributed by atoms with Gasteiger partial charge in [0.05, 0.1) is 29.3 Å². The largest absolute Gasteiger partial charge is 0.508 e. The number of ether oxygens (including phenoxy) is 1. The first-order chi connectivity index (χ1) is 23.7. The van der Waals surface area contributed by atoms with E-state index in [9.17, 15) is 44.7 Å². The Balaban J connectivity index is 1.22. The number of hydrogen-bond acceptors (Lipinski definition) is 11. The highest BCUT2D eigenvalue weighted by molar-refractivity contribution is 6.24. The van der Waals surface area contributed by atoms with Crippen LogP contribution in [-0.4, -0.2) is 92.4 Å². The molecular weight excluding hydrogens is 646 g/mol. The Morgan fingerprint density at radius 2 is 1.54 bits per heavy atom. The smallest absolute Gasteiger partial charge is 0.411 e. The van der Waals surface area contributed by atoms with Gasteiger partial charge in [0.1, 0.15) is 29.4 Å². The van der Waals surface area contributed by atoms with E-state index in [1.807, 2.05) is 48.5 Å². The molecule has 0 aliphatic heterocycles. The van der Waals surface area contributed by atoms with Crippen molar-refractivity contribution >= 4 is 35.0 Å². The van der Waals surface area contributed by atoms with E-state index in [1.54, 1.807) is 6.92 Å². The van der Waals surface area contributed by atoms with E-state index in [1.165, 1.54) is 31.1 Å². The molecule has 0 heterocycles. The van der Waals surface area contributed by atoms with E-state index in [2.05, 4.69) is 5.32 Å². The zero-order chi connectivity index (χ0) is 36.0. The number of benzene rings is 3. The number of phenolic OH excluding ortho intramolecular Hbond substituents is 1. The number of aromatic hydroxyl groups is 1. The lowest BCUT2D eigenvalue weighted by molar-refractivity contribution is -0.169. The number of primary amides is 1.